The van der Waals surface area contributed by atoms with Crippen molar-refractivity contribution in [2.45, 2.75) is 0 Å². The molecular weight excluding hydrogens is 248 g/mol. The van der Waals surface area contributed by atoms with E-state index in [4.69, 9.17) is 14.6 Å². The van der Waals surface area contributed by atoms with E-state index in [9.17, 15) is 4.79 Å². The first-order valence-corrected chi connectivity index (χ1v) is 6.28. The van der Waals surface area contributed by atoms with Crippen molar-refractivity contribution in [3.05, 3.63) is 29.8 Å². The van der Waals surface area contributed by atoms with Gasteiger partial charge >= 0.3 is 5.97 Å². The van der Waals surface area contributed by atoms with Gasteiger partial charge in [0.2, 0.25) is 0 Å². The third-order valence-corrected chi connectivity index (χ3v) is 2.82. The standard InChI is InChI=1S/C13H18N2O4/c16-13(17)11-1-3-12(4-2-11)19-8-5-14-15-6-9-18-10-7-15/h1-4,14H,5-10H2,(H,16,17). The van der Waals surface area contributed by atoms with E-state index in [0.29, 0.717) is 18.9 Å². The van der Waals surface area contributed by atoms with E-state index in [0.717, 1.165) is 26.3 Å². The number of hydrogen-bond acceptors (Lipinski definition) is 5. The molecule has 2 rings (SSSR count). The number of benzene rings is 1. The number of morpholine rings is 1. The smallest absolute Gasteiger partial charge is 0.335 e. The van der Waals surface area contributed by atoms with Crippen molar-refractivity contribution >= 4 is 5.97 Å². The predicted molar refractivity (Wildman–Crippen MR) is 69.3 cm³/mol. The quantitative estimate of drug-likeness (QED) is 0.735. The molecule has 2 N–H and O–H groups in total. The van der Waals surface area contributed by atoms with Crippen LogP contribution in [0.1, 0.15) is 10.4 Å². The maximum Gasteiger partial charge on any atom is 0.335 e. The number of nitrogens with one attached hydrogen (secondary N) is 1. The highest BCUT2D eigenvalue weighted by Gasteiger charge is 2.08. The topological polar surface area (TPSA) is 71.0 Å². The first kappa shape index (κ1) is 13.8. The zero-order valence-electron chi connectivity index (χ0n) is 10.7. The van der Waals surface area contributed by atoms with E-state index in [1.807, 2.05) is 0 Å². The molecule has 6 nitrogen and oxygen atoms in total. The number of ether oxygens (including phenoxy) is 2. The Bertz CT molecular complexity index is 402. The van der Waals surface area contributed by atoms with Gasteiger partial charge in [0.05, 0.1) is 18.8 Å². The molecule has 0 aliphatic carbocycles. The molecule has 1 aliphatic rings. The third kappa shape index (κ3) is 4.51. The molecule has 0 amide bonds. The van der Waals surface area contributed by atoms with Crippen molar-refractivity contribution < 1.29 is 19.4 Å². The molecule has 1 fully saturated rings. The Hall–Kier alpha value is -1.63. The van der Waals surface area contributed by atoms with Crippen LogP contribution in [0.3, 0.4) is 0 Å². The Morgan fingerprint density at radius 1 is 1.32 bits per heavy atom. The van der Waals surface area contributed by atoms with Crippen LogP contribution in [0.5, 0.6) is 5.75 Å². The zero-order chi connectivity index (χ0) is 13.5. The molecular formula is C13H18N2O4. The van der Waals surface area contributed by atoms with E-state index in [1.54, 1.807) is 12.1 Å². The molecule has 6 heteroatoms. The summed E-state index contributed by atoms with van der Waals surface area (Å²) in [5.74, 6) is -0.255. The number of carbonyl (C=O) groups is 1. The summed E-state index contributed by atoms with van der Waals surface area (Å²) in [6.45, 7) is 4.51. The van der Waals surface area contributed by atoms with E-state index in [1.165, 1.54) is 12.1 Å². The minimum Gasteiger partial charge on any atom is -0.492 e. The number of rotatable bonds is 6. The minimum absolute atomic E-state index is 0.263. The van der Waals surface area contributed by atoms with Crippen LogP contribution in [0.4, 0.5) is 0 Å². The second kappa shape index (κ2) is 7.08. The van der Waals surface area contributed by atoms with Gasteiger partial charge in [-0.05, 0) is 24.3 Å². The zero-order valence-corrected chi connectivity index (χ0v) is 10.7. The number of nitrogens with zero attached hydrogens (tertiary/aromatic N) is 1. The van der Waals surface area contributed by atoms with Gasteiger partial charge in [-0.2, -0.15) is 0 Å². The van der Waals surface area contributed by atoms with Gasteiger partial charge in [0.1, 0.15) is 12.4 Å². The molecule has 0 aromatic heterocycles. The molecule has 0 saturated carbocycles. The average Bonchev–Trinajstić information content (AvgIpc) is 2.45. The Labute approximate surface area is 111 Å². The van der Waals surface area contributed by atoms with Crippen molar-refractivity contribution in [1.29, 1.82) is 0 Å². The SMILES string of the molecule is O=C(O)c1ccc(OCCNN2CCOCC2)cc1. The molecule has 1 aromatic carbocycles. The largest absolute Gasteiger partial charge is 0.492 e. The number of hydrazine groups is 1. The van der Waals surface area contributed by atoms with Gasteiger partial charge in [-0.3, -0.25) is 5.43 Å². The number of carboxylic acid groups (broad SMARTS) is 1. The lowest BCUT2D eigenvalue weighted by Gasteiger charge is -2.27. The van der Waals surface area contributed by atoms with Gasteiger partial charge in [-0.15, -0.1) is 0 Å². The van der Waals surface area contributed by atoms with Gasteiger partial charge in [-0.25, -0.2) is 9.80 Å². The molecule has 0 unspecified atom stereocenters. The molecule has 0 bridgehead atoms. The first-order chi connectivity index (χ1) is 9.25. The maximum atomic E-state index is 10.7. The third-order valence-electron chi connectivity index (χ3n) is 2.82. The molecule has 19 heavy (non-hydrogen) atoms. The van der Waals surface area contributed by atoms with Crippen LogP contribution >= 0.6 is 0 Å². The Kier molecular flexibility index (Phi) is 5.14. The molecule has 1 aromatic rings. The fourth-order valence-corrected chi connectivity index (χ4v) is 1.79. The summed E-state index contributed by atoms with van der Waals surface area (Å²) < 4.78 is 10.8. The molecule has 1 aliphatic heterocycles. The van der Waals surface area contributed by atoms with Crippen LogP contribution in [0.15, 0.2) is 24.3 Å². The lowest BCUT2D eigenvalue weighted by Crippen LogP contribution is -2.46. The van der Waals surface area contributed by atoms with Crippen LogP contribution in [0.2, 0.25) is 0 Å². The van der Waals surface area contributed by atoms with Crippen molar-refractivity contribution in [2.75, 3.05) is 39.5 Å². The van der Waals surface area contributed by atoms with E-state index in [2.05, 4.69) is 10.4 Å². The fourth-order valence-electron chi connectivity index (χ4n) is 1.79. The average molecular weight is 266 g/mol. The van der Waals surface area contributed by atoms with Gasteiger partial charge in [-0.1, -0.05) is 0 Å². The van der Waals surface area contributed by atoms with Gasteiger partial charge < -0.3 is 14.6 Å². The summed E-state index contributed by atoms with van der Waals surface area (Å²) in [5.41, 5.74) is 3.52. The fraction of sp³-hybridized carbons (Fsp3) is 0.462. The summed E-state index contributed by atoms with van der Waals surface area (Å²) >= 11 is 0. The molecule has 1 heterocycles. The summed E-state index contributed by atoms with van der Waals surface area (Å²) in [4.78, 5) is 10.7. The van der Waals surface area contributed by atoms with Crippen LogP contribution in [-0.2, 0) is 4.74 Å². The normalized spacial score (nSPS) is 16.2. The number of carboxylic acids is 1. The van der Waals surface area contributed by atoms with Crippen molar-refractivity contribution in [3.8, 4) is 5.75 Å². The summed E-state index contributed by atoms with van der Waals surface area (Å²) in [7, 11) is 0. The van der Waals surface area contributed by atoms with Crippen molar-refractivity contribution in [2.24, 2.45) is 0 Å². The molecule has 0 atom stereocenters. The molecule has 0 radical (unpaired) electrons. The summed E-state index contributed by atoms with van der Waals surface area (Å²) in [5, 5.41) is 10.9. The van der Waals surface area contributed by atoms with E-state index < -0.39 is 5.97 Å². The lowest BCUT2D eigenvalue weighted by atomic mass is 10.2. The predicted octanol–water partition coefficient (Wildman–Crippen LogP) is 0.600. The highest BCUT2D eigenvalue weighted by Crippen LogP contribution is 2.11. The van der Waals surface area contributed by atoms with Gasteiger partial charge in [0, 0.05) is 19.6 Å². The Morgan fingerprint density at radius 2 is 2.00 bits per heavy atom. The van der Waals surface area contributed by atoms with Crippen LogP contribution in [-0.4, -0.2) is 55.5 Å². The lowest BCUT2D eigenvalue weighted by molar-refractivity contribution is 0.0101. The summed E-state index contributed by atoms with van der Waals surface area (Å²) in [6.07, 6.45) is 0. The molecule has 1 saturated heterocycles. The van der Waals surface area contributed by atoms with Crippen LogP contribution < -0.4 is 10.2 Å². The number of aromatic carboxylic acids is 1. The number of hydrogen-bond donors (Lipinski definition) is 2. The highest BCUT2D eigenvalue weighted by molar-refractivity contribution is 5.87. The Balaban J connectivity index is 1.66. The first-order valence-electron chi connectivity index (χ1n) is 6.28. The van der Waals surface area contributed by atoms with Gasteiger partial charge in [0.15, 0.2) is 0 Å². The second-order valence-corrected chi connectivity index (χ2v) is 4.19. The monoisotopic (exact) mass is 266 g/mol. The van der Waals surface area contributed by atoms with Gasteiger partial charge in [0.25, 0.3) is 0 Å². The van der Waals surface area contributed by atoms with Crippen molar-refractivity contribution in [3.63, 3.8) is 0 Å². The summed E-state index contributed by atoms with van der Waals surface area (Å²) in [6, 6.07) is 6.40. The van der Waals surface area contributed by atoms with E-state index in [-0.39, 0.29) is 5.56 Å². The maximum absolute atomic E-state index is 10.7. The Morgan fingerprint density at radius 3 is 2.63 bits per heavy atom. The highest BCUT2D eigenvalue weighted by atomic mass is 16.5. The van der Waals surface area contributed by atoms with E-state index >= 15 is 0 Å². The van der Waals surface area contributed by atoms with Crippen LogP contribution in [0, 0.1) is 0 Å². The van der Waals surface area contributed by atoms with Crippen LogP contribution in [0.25, 0.3) is 0 Å². The van der Waals surface area contributed by atoms with Crippen molar-refractivity contribution in [1.82, 2.24) is 10.4 Å². The molecule has 104 valence electrons. The second-order valence-electron chi connectivity index (χ2n) is 4.19. The minimum atomic E-state index is -0.930. The molecule has 0 spiro atoms.